The molecular formula is C22H19NO7. The van der Waals surface area contributed by atoms with Gasteiger partial charge in [-0.2, -0.15) is 0 Å². The Kier molecular flexibility index (Phi) is 4.55. The number of benzene rings is 2. The van der Waals surface area contributed by atoms with Crippen LogP contribution in [0.25, 0.3) is 22.1 Å². The van der Waals surface area contributed by atoms with Gasteiger partial charge in [0.05, 0.1) is 18.8 Å². The van der Waals surface area contributed by atoms with E-state index in [1.807, 2.05) is 6.92 Å². The van der Waals surface area contributed by atoms with Crippen molar-refractivity contribution in [3.05, 3.63) is 52.4 Å². The summed E-state index contributed by atoms with van der Waals surface area (Å²) in [7, 11) is 0. The van der Waals surface area contributed by atoms with Gasteiger partial charge in [0.1, 0.15) is 11.3 Å². The second kappa shape index (κ2) is 7.38. The smallest absolute Gasteiger partial charge is 0.415 e. The van der Waals surface area contributed by atoms with E-state index in [2.05, 4.69) is 0 Å². The standard InChI is InChI=1S/C22H19NO7/c1-13-16-11-15(29-22(25)23-6-8-26-9-7-23)3-5-17(16)30-21(24)20(13)14-2-4-18-19(10-14)28-12-27-18/h2-5,10-11H,6-9,12H2,1H3. The lowest BCUT2D eigenvalue weighted by Crippen LogP contribution is -2.42. The average Bonchev–Trinajstić information content (AvgIpc) is 3.23. The highest BCUT2D eigenvalue weighted by Gasteiger charge is 2.21. The fourth-order valence-corrected chi connectivity index (χ4v) is 3.69. The van der Waals surface area contributed by atoms with E-state index in [0.717, 1.165) is 5.56 Å². The molecule has 1 aromatic heterocycles. The summed E-state index contributed by atoms with van der Waals surface area (Å²) >= 11 is 0. The van der Waals surface area contributed by atoms with E-state index in [-0.39, 0.29) is 6.79 Å². The highest BCUT2D eigenvalue weighted by Crippen LogP contribution is 2.37. The highest BCUT2D eigenvalue weighted by atomic mass is 16.7. The Labute approximate surface area is 171 Å². The fourth-order valence-electron chi connectivity index (χ4n) is 3.69. The average molecular weight is 409 g/mol. The molecule has 154 valence electrons. The monoisotopic (exact) mass is 409 g/mol. The molecule has 0 saturated carbocycles. The number of carbonyl (C=O) groups is 1. The van der Waals surface area contributed by atoms with Crippen LogP contribution in [0.15, 0.2) is 45.6 Å². The Bertz CT molecular complexity index is 1190. The van der Waals surface area contributed by atoms with E-state index < -0.39 is 11.7 Å². The minimum atomic E-state index is -0.447. The Morgan fingerprint density at radius 1 is 1.03 bits per heavy atom. The van der Waals surface area contributed by atoms with Gasteiger partial charge in [0, 0.05) is 18.5 Å². The molecule has 0 radical (unpaired) electrons. The van der Waals surface area contributed by atoms with Gasteiger partial charge in [-0.15, -0.1) is 0 Å². The molecule has 1 amide bonds. The summed E-state index contributed by atoms with van der Waals surface area (Å²) in [6, 6.07) is 10.3. The number of hydrogen-bond donors (Lipinski definition) is 0. The van der Waals surface area contributed by atoms with Crippen molar-refractivity contribution in [2.75, 3.05) is 33.1 Å². The Morgan fingerprint density at radius 2 is 1.83 bits per heavy atom. The minimum Gasteiger partial charge on any atom is -0.454 e. The summed E-state index contributed by atoms with van der Waals surface area (Å²) in [5, 5.41) is 0.689. The number of aryl methyl sites for hydroxylation is 1. The molecule has 5 rings (SSSR count). The largest absolute Gasteiger partial charge is 0.454 e. The van der Waals surface area contributed by atoms with Crippen LogP contribution in [0.1, 0.15) is 5.56 Å². The number of ether oxygens (including phenoxy) is 4. The maximum absolute atomic E-state index is 12.7. The molecule has 8 heteroatoms. The van der Waals surface area contributed by atoms with Crippen molar-refractivity contribution in [3.8, 4) is 28.4 Å². The van der Waals surface area contributed by atoms with Crippen LogP contribution in [0.3, 0.4) is 0 Å². The first-order valence-corrected chi connectivity index (χ1v) is 9.62. The lowest BCUT2D eigenvalue weighted by Gasteiger charge is -2.25. The number of morpholine rings is 1. The third kappa shape index (κ3) is 3.25. The first-order valence-electron chi connectivity index (χ1n) is 9.62. The maximum Gasteiger partial charge on any atom is 0.415 e. The molecular weight excluding hydrogens is 390 g/mol. The molecule has 8 nitrogen and oxygen atoms in total. The number of fused-ring (bicyclic) bond motifs is 2. The molecule has 0 aliphatic carbocycles. The molecule has 1 saturated heterocycles. The van der Waals surface area contributed by atoms with Crippen LogP contribution >= 0.6 is 0 Å². The number of amides is 1. The van der Waals surface area contributed by atoms with Gasteiger partial charge in [-0.1, -0.05) is 6.07 Å². The van der Waals surface area contributed by atoms with E-state index in [0.29, 0.717) is 65.6 Å². The quantitative estimate of drug-likeness (QED) is 0.600. The summed E-state index contributed by atoms with van der Waals surface area (Å²) in [4.78, 5) is 26.7. The van der Waals surface area contributed by atoms with Gasteiger partial charge >= 0.3 is 11.7 Å². The van der Waals surface area contributed by atoms with E-state index in [9.17, 15) is 9.59 Å². The summed E-state index contributed by atoms with van der Waals surface area (Å²) in [6.45, 7) is 3.98. The molecule has 30 heavy (non-hydrogen) atoms. The molecule has 0 atom stereocenters. The maximum atomic E-state index is 12.7. The molecule has 3 heterocycles. The fraction of sp³-hybridized carbons (Fsp3) is 0.273. The van der Waals surface area contributed by atoms with Crippen molar-refractivity contribution in [2.45, 2.75) is 6.92 Å². The summed E-state index contributed by atoms with van der Waals surface area (Å²) in [5.74, 6) is 1.60. The van der Waals surface area contributed by atoms with Gasteiger partial charge in [-0.3, -0.25) is 0 Å². The zero-order chi connectivity index (χ0) is 20.7. The van der Waals surface area contributed by atoms with Crippen molar-refractivity contribution >= 4 is 17.1 Å². The van der Waals surface area contributed by atoms with Crippen LogP contribution in [-0.4, -0.2) is 44.1 Å². The topological polar surface area (TPSA) is 87.4 Å². The first-order chi connectivity index (χ1) is 14.6. The van der Waals surface area contributed by atoms with Crippen LogP contribution in [0.5, 0.6) is 17.2 Å². The second-order valence-electron chi connectivity index (χ2n) is 7.08. The molecule has 0 N–H and O–H groups in total. The number of nitrogens with zero attached hydrogens (tertiary/aromatic N) is 1. The predicted molar refractivity (Wildman–Crippen MR) is 107 cm³/mol. The minimum absolute atomic E-state index is 0.155. The van der Waals surface area contributed by atoms with E-state index in [4.69, 9.17) is 23.4 Å². The van der Waals surface area contributed by atoms with Crippen molar-refractivity contribution < 1.29 is 28.2 Å². The third-order valence-corrected chi connectivity index (χ3v) is 5.27. The molecule has 2 aliphatic rings. The number of carbonyl (C=O) groups excluding carboxylic acids is 1. The SMILES string of the molecule is Cc1c(-c2ccc3c(c2)OCO3)c(=O)oc2ccc(OC(=O)N3CCOCC3)cc12. The van der Waals surface area contributed by atoms with E-state index in [1.54, 1.807) is 41.3 Å². The molecule has 1 fully saturated rings. The molecule has 2 aliphatic heterocycles. The molecule has 0 spiro atoms. The van der Waals surface area contributed by atoms with Crippen LogP contribution in [0.4, 0.5) is 4.79 Å². The van der Waals surface area contributed by atoms with Crippen molar-refractivity contribution in [2.24, 2.45) is 0 Å². The van der Waals surface area contributed by atoms with Crippen molar-refractivity contribution in [1.29, 1.82) is 0 Å². The van der Waals surface area contributed by atoms with Gasteiger partial charge in [0.25, 0.3) is 0 Å². The zero-order valence-corrected chi connectivity index (χ0v) is 16.3. The predicted octanol–water partition coefficient (Wildman–Crippen LogP) is 3.33. The molecule has 3 aromatic rings. The van der Waals surface area contributed by atoms with Crippen LogP contribution in [-0.2, 0) is 4.74 Å². The highest BCUT2D eigenvalue weighted by molar-refractivity contribution is 5.88. The van der Waals surface area contributed by atoms with Gasteiger partial charge in [0.2, 0.25) is 6.79 Å². The van der Waals surface area contributed by atoms with E-state index >= 15 is 0 Å². The lowest BCUT2D eigenvalue weighted by molar-refractivity contribution is 0.0416. The van der Waals surface area contributed by atoms with Crippen LogP contribution in [0.2, 0.25) is 0 Å². The van der Waals surface area contributed by atoms with Gasteiger partial charge < -0.3 is 28.3 Å². The normalized spacial score (nSPS) is 15.4. The number of rotatable bonds is 2. The summed E-state index contributed by atoms with van der Waals surface area (Å²) < 4.78 is 27.1. The lowest BCUT2D eigenvalue weighted by atomic mass is 9.99. The second-order valence-corrected chi connectivity index (χ2v) is 7.08. The number of hydrogen-bond acceptors (Lipinski definition) is 7. The summed E-state index contributed by atoms with van der Waals surface area (Å²) in [5.41, 5.74) is 1.80. The van der Waals surface area contributed by atoms with Crippen LogP contribution in [0, 0.1) is 6.92 Å². The molecule has 0 bridgehead atoms. The Morgan fingerprint density at radius 3 is 2.67 bits per heavy atom. The Hall–Kier alpha value is -3.52. The third-order valence-electron chi connectivity index (χ3n) is 5.27. The van der Waals surface area contributed by atoms with Gasteiger partial charge in [-0.25, -0.2) is 9.59 Å². The summed E-state index contributed by atoms with van der Waals surface area (Å²) in [6.07, 6.45) is -0.427. The first kappa shape index (κ1) is 18.5. The Balaban J connectivity index is 1.52. The van der Waals surface area contributed by atoms with Crippen molar-refractivity contribution in [3.63, 3.8) is 0 Å². The van der Waals surface area contributed by atoms with E-state index in [1.165, 1.54) is 0 Å². The van der Waals surface area contributed by atoms with Crippen molar-refractivity contribution in [1.82, 2.24) is 4.90 Å². The van der Waals surface area contributed by atoms with Gasteiger partial charge in [-0.05, 0) is 48.4 Å². The van der Waals surface area contributed by atoms with Gasteiger partial charge in [0.15, 0.2) is 11.5 Å². The zero-order valence-electron chi connectivity index (χ0n) is 16.3. The molecule has 2 aromatic carbocycles. The van der Waals surface area contributed by atoms with Crippen LogP contribution < -0.4 is 19.8 Å². The molecule has 0 unspecified atom stereocenters.